The molecule has 3 heterocycles. The van der Waals surface area contributed by atoms with Crippen LogP contribution in [0.25, 0.3) is 22.2 Å². The lowest BCUT2D eigenvalue weighted by atomic mass is 9.97. The molecule has 0 aliphatic carbocycles. The number of carbonyl (C=O) groups is 2. The first kappa shape index (κ1) is 26.5. The van der Waals surface area contributed by atoms with Crippen molar-refractivity contribution < 1.29 is 14.3 Å². The predicted molar refractivity (Wildman–Crippen MR) is 153 cm³/mol. The number of likely N-dealkylation sites (tertiary alicyclic amines) is 1. The van der Waals surface area contributed by atoms with Crippen molar-refractivity contribution in [2.75, 3.05) is 23.7 Å². The van der Waals surface area contributed by atoms with Gasteiger partial charge in [-0.15, -0.1) is 0 Å². The zero-order chi connectivity index (χ0) is 27.6. The monoisotopic (exact) mass is 546 g/mol. The highest BCUT2D eigenvalue weighted by molar-refractivity contribution is 6.33. The van der Waals surface area contributed by atoms with E-state index in [9.17, 15) is 9.59 Å². The fourth-order valence-electron chi connectivity index (χ4n) is 4.62. The molecule has 0 saturated carbocycles. The summed E-state index contributed by atoms with van der Waals surface area (Å²) in [6.07, 6.45) is 4.51. The van der Waals surface area contributed by atoms with Gasteiger partial charge in [0.05, 0.1) is 22.8 Å². The first-order valence-electron chi connectivity index (χ1n) is 12.9. The molecule has 2 aromatic heterocycles. The fraction of sp³-hybridized carbons (Fsp3) is 0.310. The van der Waals surface area contributed by atoms with Crippen molar-refractivity contribution in [1.82, 2.24) is 19.9 Å². The molecule has 1 saturated heterocycles. The summed E-state index contributed by atoms with van der Waals surface area (Å²) >= 11 is 6.46. The topological polar surface area (TPSA) is 112 Å². The number of aromatic amines is 1. The molecule has 39 heavy (non-hydrogen) atoms. The van der Waals surface area contributed by atoms with Gasteiger partial charge in [-0.2, -0.15) is 0 Å². The second-order valence-corrected chi connectivity index (χ2v) is 11.0. The Morgan fingerprint density at radius 2 is 1.92 bits per heavy atom. The molecule has 0 bridgehead atoms. The minimum Gasteiger partial charge on any atom is -0.444 e. The predicted octanol–water partition coefficient (Wildman–Crippen LogP) is 6.61. The number of hydrogen-bond donors (Lipinski definition) is 3. The lowest BCUT2D eigenvalue weighted by molar-refractivity contribution is -0.121. The number of benzene rings is 2. The molecule has 2 amide bonds. The summed E-state index contributed by atoms with van der Waals surface area (Å²) in [7, 11) is 0. The van der Waals surface area contributed by atoms with Crippen LogP contribution in [0.4, 0.5) is 22.1 Å². The first-order chi connectivity index (χ1) is 18.7. The van der Waals surface area contributed by atoms with E-state index >= 15 is 0 Å². The number of halogens is 1. The Kier molecular flexibility index (Phi) is 7.43. The number of hydrogen-bond acceptors (Lipinski definition) is 6. The lowest BCUT2D eigenvalue weighted by Gasteiger charge is -2.33. The van der Waals surface area contributed by atoms with E-state index in [2.05, 4.69) is 25.6 Å². The number of aromatic nitrogens is 3. The Labute approximate surface area is 231 Å². The van der Waals surface area contributed by atoms with Crippen molar-refractivity contribution in [3.05, 3.63) is 65.9 Å². The zero-order valence-electron chi connectivity index (χ0n) is 22.1. The van der Waals surface area contributed by atoms with Crippen LogP contribution >= 0.6 is 11.6 Å². The van der Waals surface area contributed by atoms with E-state index in [0.717, 1.165) is 22.9 Å². The fourth-order valence-corrected chi connectivity index (χ4v) is 4.81. The molecule has 1 aliphatic heterocycles. The van der Waals surface area contributed by atoms with Crippen molar-refractivity contribution in [3.63, 3.8) is 0 Å². The van der Waals surface area contributed by atoms with Gasteiger partial charge in [-0.3, -0.25) is 4.79 Å². The van der Waals surface area contributed by atoms with Crippen LogP contribution in [0.5, 0.6) is 0 Å². The third kappa shape index (κ3) is 6.31. The highest BCUT2D eigenvalue weighted by atomic mass is 35.5. The van der Waals surface area contributed by atoms with Gasteiger partial charge in [-0.05, 0) is 57.9 Å². The van der Waals surface area contributed by atoms with Gasteiger partial charge >= 0.3 is 6.09 Å². The molecule has 9 nitrogen and oxygen atoms in total. The molecule has 0 unspecified atom stereocenters. The summed E-state index contributed by atoms with van der Waals surface area (Å²) in [5.41, 5.74) is 3.25. The second-order valence-electron chi connectivity index (χ2n) is 10.6. The van der Waals surface area contributed by atoms with E-state index in [1.165, 1.54) is 0 Å². The van der Waals surface area contributed by atoms with Crippen LogP contribution in [0.1, 0.15) is 33.6 Å². The second kappa shape index (κ2) is 10.9. The van der Waals surface area contributed by atoms with Crippen molar-refractivity contribution >= 4 is 51.8 Å². The number of amides is 2. The summed E-state index contributed by atoms with van der Waals surface area (Å²) < 4.78 is 5.48. The summed E-state index contributed by atoms with van der Waals surface area (Å²) in [6.45, 7) is 6.40. The van der Waals surface area contributed by atoms with Crippen LogP contribution in [-0.4, -0.2) is 50.5 Å². The molecule has 1 fully saturated rings. The molecule has 0 radical (unpaired) electrons. The number of piperidine rings is 1. The van der Waals surface area contributed by atoms with Crippen molar-refractivity contribution in [1.29, 1.82) is 0 Å². The Balaban J connectivity index is 1.27. The third-order valence-corrected chi connectivity index (χ3v) is 6.70. The number of ether oxygens (including phenoxy) is 1. The number of anilines is 3. The number of rotatable bonds is 5. The van der Waals surface area contributed by atoms with Crippen LogP contribution in [0, 0.1) is 5.92 Å². The summed E-state index contributed by atoms with van der Waals surface area (Å²) in [4.78, 5) is 39.4. The Bertz CT molecular complexity index is 1510. The molecule has 0 spiro atoms. The van der Waals surface area contributed by atoms with E-state index in [1.807, 2.05) is 75.5 Å². The highest BCUT2D eigenvalue weighted by Crippen LogP contribution is 2.33. The number of H-pyrrole nitrogens is 1. The quantitative estimate of drug-likeness (QED) is 0.260. The van der Waals surface area contributed by atoms with Crippen LogP contribution < -0.4 is 10.6 Å². The molecule has 202 valence electrons. The van der Waals surface area contributed by atoms with Gasteiger partial charge < -0.3 is 25.3 Å². The smallest absolute Gasteiger partial charge is 0.410 e. The number of nitrogens with one attached hydrogen (secondary N) is 3. The van der Waals surface area contributed by atoms with E-state index < -0.39 is 5.60 Å². The van der Waals surface area contributed by atoms with Gasteiger partial charge in [0.2, 0.25) is 11.9 Å². The Morgan fingerprint density at radius 3 is 2.74 bits per heavy atom. The maximum atomic E-state index is 13.1. The molecule has 1 atom stereocenters. The van der Waals surface area contributed by atoms with Crippen LogP contribution in [0.3, 0.4) is 0 Å². The average molecular weight is 547 g/mol. The van der Waals surface area contributed by atoms with Gasteiger partial charge in [0.1, 0.15) is 5.60 Å². The SMILES string of the molecule is CC(C)(C)OC(=O)N1CCC[C@@H](C(=O)Nc2cccc(Nc3ncc(Cl)c(-c4c[nH]c5ccccc45)n3)c2)C1. The highest BCUT2D eigenvalue weighted by Gasteiger charge is 2.31. The zero-order valence-corrected chi connectivity index (χ0v) is 22.9. The molecule has 3 N–H and O–H groups in total. The maximum absolute atomic E-state index is 13.1. The van der Waals surface area contributed by atoms with Crippen molar-refractivity contribution in [3.8, 4) is 11.3 Å². The summed E-state index contributed by atoms with van der Waals surface area (Å²) in [6, 6.07) is 15.3. The van der Waals surface area contributed by atoms with Gasteiger partial charge in [-0.1, -0.05) is 35.9 Å². The van der Waals surface area contributed by atoms with E-state index in [4.69, 9.17) is 16.3 Å². The van der Waals surface area contributed by atoms with Crippen LogP contribution in [0.2, 0.25) is 5.02 Å². The van der Waals surface area contributed by atoms with Gasteiger partial charge in [0, 0.05) is 47.1 Å². The summed E-state index contributed by atoms with van der Waals surface area (Å²) in [5.74, 6) is -0.0746. The van der Waals surface area contributed by atoms with E-state index in [1.54, 1.807) is 11.1 Å². The lowest BCUT2D eigenvalue weighted by Crippen LogP contribution is -2.45. The van der Waals surface area contributed by atoms with E-state index in [0.29, 0.717) is 47.6 Å². The first-order valence-corrected chi connectivity index (χ1v) is 13.3. The molecular weight excluding hydrogens is 516 g/mol. The standard InChI is InChI=1S/C29H31ClN6O3/c1-29(2,3)39-28(38)36-13-7-8-18(17-36)26(37)33-19-9-6-10-20(14-19)34-27-32-16-23(30)25(35-27)22-15-31-24-12-5-4-11-21(22)24/h4-6,9-12,14-16,18,31H,7-8,13,17H2,1-3H3,(H,33,37)(H,32,34,35)/t18-/m1/s1. The average Bonchev–Trinajstić information content (AvgIpc) is 3.33. The molecular formula is C29H31ClN6O3. The molecule has 2 aromatic carbocycles. The van der Waals surface area contributed by atoms with Crippen LogP contribution in [-0.2, 0) is 9.53 Å². The normalized spacial score (nSPS) is 15.7. The molecule has 4 aromatic rings. The molecule has 1 aliphatic rings. The minimum atomic E-state index is -0.580. The molecule has 10 heteroatoms. The van der Waals surface area contributed by atoms with Gasteiger partial charge in [-0.25, -0.2) is 14.8 Å². The number of carbonyl (C=O) groups excluding carboxylic acids is 2. The maximum Gasteiger partial charge on any atom is 0.410 e. The summed E-state index contributed by atoms with van der Waals surface area (Å²) in [5, 5.41) is 7.65. The van der Waals surface area contributed by atoms with E-state index in [-0.39, 0.29) is 17.9 Å². The number of para-hydroxylation sites is 1. The largest absolute Gasteiger partial charge is 0.444 e. The third-order valence-electron chi connectivity index (χ3n) is 6.42. The minimum absolute atomic E-state index is 0.134. The van der Waals surface area contributed by atoms with Gasteiger partial charge in [0.15, 0.2) is 0 Å². The van der Waals surface area contributed by atoms with Crippen molar-refractivity contribution in [2.45, 2.75) is 39.2 Å². The molecule has 5 rings (SSSR count). The number of nitrogens with zero attached hydrogens (tertiary/aromatic N) is 3. The Morgan fingerprint density at radius 1 is 1.13 bits per heavy atom. The number of fused-ring (bicyclic) bond motifs is 1. The van der Waals surface area contributed by atoms with Crippen molar-refractivity contribution in [2.24, 2.45) is 5.92 Å². The van der Waals surface area contributed by atoms with Gasteiger partial charge in [0.25, 0.3) is 0 Å². The Hall–Kier alpha value is -4.11. The van der Waals surface area contributed by atoms with Crippen LogP contribution in [0.15, 0.2) is 60.9 Å².